The fourth-order valence-corrected chi connectivity index (χ4v) is 4.68. The first-order valence-corrected chi connectivity index (χ1v) is 11.9. The van der Waals surface area contributed by atoms with Crippen LogP contribution in [0.5, 0.6) is 0 Å². The summed E-state index contributed by atoms with van der Waals surface area (Å²) in [6, 6.07) is 29.3. The average Bonchev–Trinajstić information content (AvgIpc) is 2.85. The van der Waals surface area contributed by atoms with Gasteiger partial charge in [-0.15, -0.1) is 0 Å². The third-order valence-corrected chi connectivity index (χ3v) is 6.26. The summed E-state index contributed by atoms with van der Waals surface area (Å²) < 4.78 is 5.48. The SMILES string of the molecule is CC(C)C[C@H](NC(=O)OCc1ccccc1)[C@@H]1C(=O)N(Cc2ccccc2)[C@H]1c1ccccc1. The maximum atomic E-state index is 13.5. The molecule has 3 aromatic rings. The van der Waals surface area contributed by atoms with Crippen LogP contribution in [0.1, 0.15) is 43.0 Å². The van der Waals surface area contributed by atoms with E-state index in [-0.39, 0.29) is 30.5 Å². The van der Waals surface area contributed by atoms with Crippen LogP contribution in [0.15, 0.2) is 91.0 Å². The molecule has 2 amide bonds. The molecule has 1 fully saturated rings. The number of β-lactam (4-membered cyclic amide) rings is 1. The first kappa shape index (κ1) is 23.6. The Morgan fingerprint density at radius 1 is 0.882 bits per heavy atom. The lowest BCUT2D eigenvalue weighted by Crippen LogP contribution is -2.62. The molecular weight excluding hydrogens is 424 g/mol. The van der Waals surface area contributed by atoms with E-state index in [1.807, 2.05) is 83.8 Å². The van der Waals surface area contributed by atoms with Crippen molar-refractivity contribution in [1.29, 1.82) is 0 Å². The topological polar surface area (TPSA) is 58.6 Å². The molecule has 0 unspecified atom stereocenters. The highest BCUT2D eigenvalue weighted by Gasteiger charge is 2.52. The second-order valence-corrected chi connectivity index (χ2v) is 9.28. The Bertz CT molecular complexity index is 1070. The number of nitrogens with one attached hydrogen (secondary N) is 1. The van der Waals surface area contributed by atoms with E-state index in [9.17, 15) is 9.59 Å². The molecule has 176 valence electrons. The zero-order chi connectivity index (χ0) is 23.9. The van der Waals surface area contributed by atoms with Gasteiger partial charge in [0.1, 0.15) is 6.61 Å². The minimum Gasteiger partial charge on any atom is -0.445 e. The van der Waals surface area contributed by atoms with Crippen molar-refractivity contribution in [1.82, 2.24) is 10.2 Å². The Balaban J connectivity index is 1.52. The number of carbonyl (C=O) groups is 2. The van der Waals surface area contributed by atoms with Gasteiger partial charge >= 0.3 is 6.09 Å². The minimum absolute atomic E-state index is 0.0618. The number of nitrogens with zero attached hydrogens (tertiary/aromatic N) is 1. The van der Waals surface area contributed by atoms with Crippen LogP contribution in [0.25, 0.3) is 0 Å². The first-order valence-electron chi connectivity index (χ1n) is 11.9. The fraction of sp³-hybridized carbons (Fsp3) is 0.310. The summed E-state index contributed by atoms with van der Waals surface area (Å²) in [4.78, 5) is 28.1. The Labute approximate surface area is 201 Å². The molecule has 1 saturated heterocycles. The van der Waals surface area contributed by atoms with Crippen molar-refractivity contribution in [3.05, 3.63) is 108 Å². The Hall–Kier alpha value is -3.60. The highest BCUT2D eigenvalue weighted by Crippen LogP contribution is 2.44. The van der Waals surface area contributed by atoms with Gasteiger partial charge in [-0.3, -0.25) is 4.79 Å². The minimum atomic E-state index is -0.490. The van der Waals surface area contributed by atoms with Gasteiger partial charge < -0.3 is 15.0 Å². The number of ether oxygens (including phenoxy) is 1. The number of likely N-dealkylation sites (tertiary alicyclic amines) is 1. The number of rotatable bonds is 9. The lowest BCUT2D eigenvalue weighted by molar-refractivity contribution is -0.161. The van der Waals surface area contributed by atoms with E-state index in [1.165, 1.54) is 0 Å². The van der Waals surface area contributed by atoms with E-state index in [1.54, 1.807) is 0 Å². The molecule has 0 spiro atoms. The van der Waals surface area contributed by atoms with Gasteiger partial charge in [-0.25, -0.2) is 4.79 Å². The number of hydrogen-bond donors (Lipinski definition) is 1. The average molecular weight is 457 g/mol. The Kier molecular flexibility index (Phi) is 7.63. The maximum Gasteiger partial charge on any atom is 0.407 e. The lowest BCUT2D eigenvalue weighted by atomic mass is 9.75. The Morgan fingerprint density at radius 2 is 1.44 bits per heavy atom. The van der Waals surface area contributed by atoms with Crippen molar-refractivity contribution in [2.45, 2.75) is 45.5 Å². The fourth-order valence-electron chi connectivity index (χ4n) is 4.68. The van der Waals surface area contributed by atoms with Gasteiger partial charge in [0.15, 0.2) is 0 Å². The zero-order valence-electron chi connectivity index (χ0n) is 19.8. The second-order valence-electron chi connectivity index (χ2n) is 9.28. The smallest absolute Gasteiger partial charge is 0.407 e. The van der Waals surface area contributed by atoms with Gasteiger partial charge in [0.25, 0.3) is 0 Å². The number of alkyl carbamates (subject to hydrolysis) is 1. The third kappa shape index (κ3) is 5.66. The molecule has 5 nitrogen and oxygen atoms in total. The van der Waals surface area contributed by atoms with Crippen molar-refractivity contribution < 1.29 is 14.3 Å². The normalized spacial score (nSPS) is 18.3. The molecule has 3 aromatic carbocycles. The first-order chi connectivity index (χ1) is 16.5. The molecule has 1 aliphatic heterocycles. The summed E-state index contributed by atoms with van der Waals surface area (Å²) in [6.45, 7) is 4.95. The van der Waals surface area contributed by atoms with Crippen molar-refractivity contribution in [2.24, 2.45) is 11.8 Å². The van der Waals surface area contributed by atoms with Crippen molar-refractivity contribution >= 4 is 12.0 Å². The van der Waals surface area contributed by atoms with Gasteiger partial charge in [0.2, 0.25) is 5.91 Å². The number of carbonyl (C=O) groups excluding carboxylic acids is 2. The summed E-state index contributed by atoms with van der Waals surface area (Å²) in [7, 11) is 0. The van der Waals surface area contributed by atoms with E-state index in [0.29, 0.717) is 18.9 Å². The summed E-state index contributed by atoms with van der Waals surface area (Å²) in [5.41, 5.74) is 3.09. The number of benzene rings is 3. The summed E-state index contributed by atoms with van der Waals surface area (Å²) in [5.74, 6) is 0.0383. The molecule has 0 saturated carbocycles. The van der Waals surface area contributed by atoms with Crippen LogP contribution in [-0.2, 0) is 22.7 Å². The van der Waals surface area contributed by atoms with Crippen LogP contribution >= 0.6 is 0 Å². The number of amides is 2. The van der Waals surface area contributed by atoms with E-state index in [4.69, 9.17) is 4.74 Å². The van der Waals surface area contributed by atoms with Crippen molar-refractivity contribution in [3.63, 3.8) is 0 Å². The molecule has 3 atom stereocenters. The molecule has 0 radical (unpaired) electrons. The molecule has 5 heteroatoms. The molecule has 0 bridgehead atoms. The van der Waals surface area contributed by atoms with Crippen molar-refractivity contribution in [3.8, 4) is 0 Å². The standard InChI is InChI=1S/C29H32N2O3/c1-21(2)18-25(30-29(33)34-20-23-14-8-4-9-15-23)26-27(24-16-10-5-11-17-24)31(28(26)32)19-22-12-6-3-7-13-22/h3-17,21,25-27H,18-20H2,1-2H3,(H,30,33)/t25-,26-,27-/m0/s1. The van der Waals surface area contributed by atoms with Crippen LogP contribution in [-0.4, -0.2) is 22.9 Å². The zero-order valence-corrected chi connectivity index (χ0v) is 19.8. The monoisotopic (exact) mass is 456 g/mol. The maximum absolute atomic E-state index is 13.5. The second kappa shape index (κ2) is 11.0. The summed E-state index contributed by atoms with van der Waals surface area (Å²) in [5, 5.41) is 3.03. The Morgan fingerprint density at radius 3 is 2.03 bits per heavy atom. The summed E-state index contributed by atoms with van der Waals surface area (Å²) in [6.07, 6.45) is 0.204. The molecule has 4 rings (SSSR count). The van der Waals surface area contributed by atoms with Gasteiger partial charge in [-0.2, -0.15) is 0 Å². The van der Waals surface area contributed by atoms with Gasteiger partial charge in [0.05, 0.1) is 12.0 Å². The van der Waals surface area contributed by atoms with Crippen LogP contribution in [0.4, 0.5) is 4.79 Å². The van der Waals surface area contributed by atoms with Crippen LogP contribution in [0.2, 0.25) is 0 Å². The molecule has 1 N–H and O–H groups in total. The largest absolute Gasteiger partial charge is 0.445 e. The predicted molar refractivity (Wildman–Crippen MR) is 133 cm³/mol. The molecule has 0 aromatic heterocycles. The summed E-state index contributed by atoms with van der Waals surface area (Å²) >= 11 is 0. The van der Waals surface area contributed by atoms with Crippen LogP contribution in [0.3, 0.4) is 0 Å². The quantitative estimate of drug-likeness (QED) is 0.419. The molecule has 1 aliphatic rings. The molecule has 0 aliphatic carbocycles. The van der Waals surface area contributed by atoms with Gasteiger partial charge in [-0.1, -0.05) is 105 Å². The lowest BCUT2D eigenvalue weighted by Gasteiger charge is -2.50. The van der Waals surface area contributed by atoms with E-state index < -0.39 is 6.09 Å². The highest BCUT2D eigenvalue weighted by atomic mass is 16.5. The van der Waals surface area contributed by atoms with Crippen molar-refractivity contribution in [2.75, 3.05) is 0 Å². The predicted octanol–water partition coefficient (Wildman–Crippen LogP) is 5.73. The molecular formula is C29H32N2O3. The number of hydrogen-bond acceptors (Lipinski definition) is 3. The molecule has 1 heterocycles. The van der Waals surface area contributed by atoms with Gasteiger partial charge in [-0.05, 0) is 29.0 Å². The van der Waals surface area contributed by atoms with Crippen LogP contribution in [0, 0.1) is 11.8 Å². The van der Waals surface area contributed by atoms with E-state index in [0.717, 1.165) is 16.7 Å². The van der Waals surface area contributed by atoms with E-state index in [2.05, 4.69) is 31.3 Å². The highest BCUT2D eigenvalue weighted by molar-refractivity contribution is 5.88. The van der Waals surface area contributed by atoms with E-state index >= 15 is 0 Å². The third-order valence-electron chi connectivity index (χ3n) is 6.26. The molecule has 34 heavy (non-hydrogen) atoms. The van der Waals surface area contributed by atoms with Crippen LogP contribution < -0.4 is 5.32 Å². The van der Waals surface area contributed by atoms with Gasteiger partial charge in [0, 0.05) is 12.6 Å².